The van der Waals surface area contributed by atoms with Gasteiger partial charge in [0.1, 0.15) is 17.2 Å². The molecule has 0 bridgehead atoms. The van der Waals surface area contributed by atoms with Crippen molar-refractivity contribution < 1.29 is 19.1 Å². The van der Waals surface area contributed by atoms with Crippen LogP contribution in [0.2, 0.25) is 0 Å². The van der Waals surface area contributed by atoms with Crippen LogP contribution in [0.3, 0.4) is 0 Å². The summed E-state index contributed by atoms with van der Waals surface area (Å²) >= 11 is 0. The van der Waals surface area contributed by atoms with Crippen LogP contribution in [0, 0.1) is 5.82 Å². The predicted octanol–water partition coefficient (Wildman–Crippen LogP) is 0.953. The molecule has 102 valence electrons. The Morgan fingerprint density at radius 3 is 2.74 bits per heavy atom. The predicted molar refractivity (Wildman–Crippen MR) is 65.5 cm³/mol. The van der Waals surface area contributed by atoms with E-state index in [-0.39, 0.29) is 23.8 Å². The number of carbonyl (C=O) groups excluding carboxylic acids is 1. The third kappa shape index (κ3) is 3.18. The van der Waals surface area contributed by atoms with Crippen LogP contribution in [0.5, 0.6) is 0 Å². The molecule has 7 heteroatoms. The number of aromatic nitrogens is 1. The standard InChI is InChI=1S/C12H14FN3O3/c13-8-5-9(12(18)19)11(14-6-8)15-7-10(17)16-3-1-2-4-16/h5-6H,1-4,7H2,(H,14,15)(H,18,19). The van der Waals surface area contributed by atoms with Crippen LogP contribution in [0.25, 0.3) is 0 Å². The quantitative estimate of drug-likeness (QED) is 0.848. The summed E-state index contributed by atoms with van der Waals surface area (Å²) in [6.45, 7) is 1.41. The maximum atomic E-state index is 12.9. The van der Waals surface area contributed by atoms with Crippen molar-refractivity contribution in [2.45, 2.75) is 12.8 Å². The number of amides is 1. The van der Waals surface area contributed by atoms with Crippen molar-refractivity contribution in [1.29, 1.82) is 0 Å². The highest BCUT2D eigenvalue weighted by atomic mass is 19.1. The van der Waals surface area contributed by atoms with Crippen molar-refractivity contribution >= 4 is 17.7 Å². The molecule has 2 rings (SSSR count). The van der Waals surface area contributed by atoms with Gasteiger partial charge < -0.3 is 15.3 Å². The fraction of sp³-hybridized carbons (Fsp3) is 0.417. The maximum absolute atomic E-state index is 12.9. The molecule has 1 saturated heterocycles. The molecule has 0 aliphatic carbocycles. The van der Waals surface area contributed by atoms with Crippen molar-refractivity contribution in [1.82, 2.24) is 9.88 Å². The number of carboxylic acid groups (broad SMARTS) is 1. The van der Waals surface area contributed by atoms with Gasteiger partial charge in [0.05, 0.1) is 12.7 Å². The third-order valence-electron chi connectivity index (χ3n) is 2.95. The highest BCUT2D eigenvalue weighted by molar-refractivity contribution is 5.93. The number of carbonyl (C=O) groups is 2. The average molecular weight is 267 g/mol. The lowest BCUT2D eigenvalue weighted by Crippen LogP contribution is -2.33. The molecule has 1 aliphatic rings. The number of halogens is 1. The van der Waals surface area contributed by atoms with E-state index >= 15 is 0 Å². The molecule has 2 N–H and O–H groups in total. The summed E-state index contributed by atoms with van der Waals surface area (Å²) in [4.78, 5) is 28.1. The number of anilines is 1. The lowest BCUT2D eigenvalue weighted by Gasteiger charge is -2.16. The minimum atomic E-state index is -1.29. The van der Waals surface area contributed by atoms with E-state index < -0.39 is 11.8 Å². The summed E-state index contributed by atoms with van der Waals surface area (Å²) in [5.41, 5.74) is -0.283. The first-order valence-corrected chi connectivity index (χ1v) is 5.98. The fourth-order valence-corrected chi connectivity index (χ4v) is 1.98. The van der Waals surface area contributed by atoms with Gasteiger partial charge in [-0.05, 0) is 18.9 Å². The number of nitrogens with one attached hydrogen (secondary N) is 1. The number of pyridine rings is 1. The molecule has 2 heterocycles. The molecule has 0 aromatic carbocycles. The van der Waals surface area contributed by atoms with E-state index in [4.69, 9.17) is 5.11 Å². The van der Waals surface area contributed by atoms with Gasteiger partial charge in [-0.3, -0.25) is 4.79 Å². The number of nitrogens with zero attached hydrogens (tertiary/aromatic N) is 2. The largest absolute Gasteiger partial charge is 0.478 e. The lowest BCUT2D eigenvalue weighted by atomic mass is 10.2. The zero-order valence-electron chi connectivity index (χ0n) is 10.2. The Hall–Kier alpha value is -2.18. The van der Waals surface area contributed by atoms with Crippen LogP contribution >= 0.6 is 0 Å². The zero-order chi connectivity index (χ0) is 13.8. The summed E-state index contributed by atoms with van der Waals surface area (Å²) in [6, 6.07) is 0.873. The van der Waals surface area contributed by atoms with Crippen molar-refractivity contribution in [3.63, 3.8) is 0 Å². The van der Waals surface area contributed by atoms with Gasteiger partial charge in [0.25, 0.3) is 0 Å². The van der Waals surface area contributed by atoms with Crippen molar-refractivity contribution in [2.24, 2.45) is 0 Å². The number of hydrogen-bond donors (Lipinski definition) is 2. The Bertz CT molecular complexity index is 501. The molecule has 1 aliphatic heterocycles. The number of likely N-dealkylation sites (tertiary alicyclic amines) is 1. The second-order valence-electron chi connectivity index (χ2n) is 4.30. The topological polar surface area (TPSA) is 82.5 Å². The first-order valence-electron chi connectivity index (χ1n) is 5.98. The van der Waals surface area contributed by atoms with E-state index in [1.807, 2.05) is 0 Å². The molecule has 0 spiro atoms. The van der Waals surface area contributed by atoms with E-state index in [1.165, 1.54) is 0 Å². The first-order chi connectivity index (χ1) is 9.08. The molecule has 0 radical (unpaired) electrons. The van der Waals surface area contributed by atoms with Gasteiger partial charge in [0, 0.05) is 13.1 Å². The third-order valence-corrected chi connectivity index (χ3v) is 2.95. The Morgan fingerprint density at radius 2 is 2.11 bits per heavy atom. The monoisotopic (exact) mass is 267 g/mol. The Kier molecular flexibility index (Phi) is 3.94. The molecule has 1 aromatic heterocycles. The van der Waals surface area contributed by atoms with Gasteiger partial charge in [0.15, 0.2) is 0 Å². The number of hydrogen-bond acceptors (Lipinski definition) is 4. The van der Waals surface area contributed by atoms with Crippen LogP contribution < -0.4 is 5.32 Å². The van der Waals surface area contributed by atoms with Crippen molar-refractivity contribution in [2.75, 3.05) is 25.0 Å². The molecule has 0 unspecified atom stereocenters. The van der Waals surface area contributed by atoms with E-state index in [1.54, 1.807) is 4.90 Å². The van der Waals surface area contributed by atoms with E-state index in [2.05, 4.69) is 10.3 Å². The second kappa shape index (κ2) is 5.64. The van der Waals surface area contributed by atoms with Crippen molar-refractivity contribution in [3.05, 3.63) is 23.6 Å². The van der Waals surface area contributed by atoms with Gasteiger partial charge >= 0.3 is 5.97 Å². The Labute approximate surface area is 109 Å². The van der Waals surface area contributed by atoms with Gasteiger partial charge in [-0.15, -0.1) is 0 Å². The molecule has 19 heavy (non-hydrogen) atoms. The molecule has 1 amide bonds. The van der Waals surface area contributed by atoms with Gasteiger partial charge in [-0.25, -0.2) is 14.2 Å². The summed E-state index contributed by atoms with van der Waals surface area (Å²) in [5.74, 6) is -2.13. The van der Waals surface area contributed by atoms with E-state index in [0.717, 1.165) is 38.2 Å². The minimum absolute atomic E-state index is 0.00134. The van der Waals surface area contributed by atoms with Crippen molar-refractivity contribution in [3.8, 4) is 0 Å². The molecule has 0 atom stereocenters. The highest BCUT2D eigenvalue weighted by Crippen LogP contribution is 2.14. The Morgan fingerprint density at radius 1 is 1.42 bits per heavy atom. The zero-order valence-corrected chi connectivity index (χ0v) is 10.2. The summed E-state index contributed by atoms with van der Waals surface area (Å²) in [6.07, 6.45) is 2.89. The fourth-order valence-electron chi connectivity index (χ4n) is 1.98. The normalized spacial score (nSPS) is 14.5. The van der Waals surface area contributed by atoms with Crippen LogP contribution in [-0.4, -0.2) is 46.5 Å². The first kappa shape index (κ1) is 13.3. The van der Waals surface area contributed by atoms with E-state index in [9.17, 15) is 14.0 Å². The molecular formula is C12H14FN3O3. The van der Waals surface area contributed by atoms with Crippen LogP contribution in [0.1, 0.15) is 23.2 Å². The molecule has 0 saturated carbocycles. The highest BCUT2D eigenvalue weighted by Gasteiger charge is 2.19. The number of rotatable bonds is 4. The molecule has 1 fully saturated rings. The lowest BCUT2D eigenvalue weighted by molar-refractivity contribution is -0.128. The number of carboxylic acids is 1. The van der Waals surface area contributed by atoms with Crippen LogP contribution in [0.4, 0.5) is 10.2 Å². The SMILES string of the molecule is O=C(O)c1cc(F)cnc1NCC(=O)N1CCCC1. The van der Waals surface area contributed by atoms with E-state index in [0.29, 0.717) is 0 Å². The van der Waals surface area contributed by atoms with Gasteiger partial charge in [-0.1, -0.05) is 0 Å². The van der Waals surface area contributed by atoms with Crippen LogP contribution in [0.15, 0.2) is 12.3 Å². The minimum Gasteiger partial charge on any atom is -0.478 e. The average Bonchev–Trinajstić information content (AvgIpc) is 2.90. The molecule has 1 aromatic rings. The van der Waals surface area contributed by atoms with Gasteiger partial charge in [-0.2, -0.15) is 0 Å². The second-order valence-corrected chi connectivity index (χ2v) is 4.30. The Balaban J connectivity index is 2.02. The van der Waals surface area contributed by atoms with Crippen LogP contribution in [-0.2, 0) is 4.79 Å². The molecule has 6 nitrogen and oxygen atoms in total. The summed E-state index contributed by atoms with van der Waals surface area (Å²) in [5, 5.41) is 11.6. The summed E-state index contributed by atoms with van der Waals surface area (Å²) in [7, 11) is 0. The smallest absolute Gasteiger partial charge is 0.339 e. The maximum Gasteiger partial charge on any atom is 0.339 e. The number of aromatic carboxylic acids is 1. The molecular weight excluding hydrogens is 253 g/mol. The van der Waals surface area contributed by atoms with Gasteiger partial charge in [0.2, 0.25) is 5.91 Å². The summed E-state index contributed by atoms with van der Waals surface area (Å²) < 4.78 is 12.9.